The summed E-state index contributed by atoms with van der Waals surface area (Å²) in [6.45, 7) is 2.34. The van der Waals surface area contributed by atoms with Gasteiger partial charge in [0.15, 0.2) is 11.5 Å². The Bertz CT molecular complexity index is 1030. The lowest BCUT2D eigenvalue weighted by molar-refractivity contribution is -0.120. The molecule has 0 heterocycles. The van der Waals surface area contributed by atoms with E-state index < -0.39 is 0 Å². The molecule has 0 atom stereocenters. The topological polar surface area (TPSA) is 59.9 Å². The molecule has 1 amide bonds. The zero-order chi connectivity index (χ0) is 21.3. The zero-order valence-corrected chi connectivity index (χ0v) is 17.6. The molecule has 1 N–H and O–H groups in total. The monoisotopic (exact) mass is 422 g/mol. The van der Waals surface area contributed by atoms with E-state index in [1.54, 1.807) is 25.5 Å². The summed E-state index contributed by atoms with van der Waals surface area (Å²) in [4.78, 5) is 12.0. The average Bonchev–Trinajstić information content (AvgIpc) is 2.75. The fraction of sp³-hybridized carbons (Fsp3) is 0.167. The van der Waals surface area contributed by atoms with Crippen LogP contribution < -0.4 is 14.9 Å². The molecule has 0 spiro atoms. The van der Waals surface area contributed by atoms with E-state index in [1.165, 1.54) is 0 Å². The van der Waals surface area contributed by atoms with Crippen molar-refractivity contribution in [2.24, 2.45) is 5.10 Å². The first kappa shape index (κ1) is 21.4. The van der Waals surface area contributed by atoms with E-state index in [2.05, 4.69) is 10.5 Å². The van der Waals surface area contributed by atoms with Crippen LogP contribution in [0, 0.1) is 6.92 Å². The molecule has 6 heteroatoms. The maximum absolute atomic E-state index is 12.0. The Hall–Kier alpha value is -3.31. The van der Waals surface area contributed by atoms with Crippen LogP contribution >= 0.6 is 11.6 Å². The fourth-order valence-corrected chi connectivity index (χ4v) is 2.95. The number of hydrogen-bond donors (Lipinski definition) is 1. The number of carbonyl (C=O) groups is 1. The third kappa shape index (κ3) is 6.09. The number of nitrogens with zero attached hydrogens (tertiary/aromatic N) is 1. The third-order valence-corrected chi connectivity index (χ3v) is 4.79. The molecule has 0 bridgehead atoms. The van der Waals surface area contributed by atoms with Crippen LogP contribution in [0.3, 0.4) is 0 Å². The second-order valence-electron chi connectivity index (χ2n) is 6.75. The third-order valence-electron chi connectivity index (χ3n) is 4.42. The molecule has 0 aliphatic rings. The first-order chi connectivity index (χ1) is 14.5. The van der Waals surface area contributed by atoms with Gasteiger partial charge in [-0.25, -0.2) is 5.43 Å². The number of benzene rings is 3. The van der Waals surface area contributed by atoms with Crippen LogP contribution in [0.1, 0.15) is 22.3 Å². The van der Waals surface area contributed by atoms with Crippen molar-refractivity contribution in [3.05, 3.63) is 94.0 Å². The molecule has 0 saturated carbocycles. The van der Waals surface area contributed by atoms with Crippen molar-refractivity contribution in [1.29, 1.82) is 0 Å². The van der Waals surface area contributed by atoms with Gasteiger partial charge in [-0.05, 0) is 42.3 Å². The van der Waals surface area contributed by atoms with Crippen LogP contribution in [-0.2, 0) is 17.8 Å². The van der Waals surface area contributed by atoms with Crippen molar-refractivity contribution in [3.63, 3.8) is 0 Å². The molecule has 0 unspecified atom stereocenters. The van der Waals surface area contributed by atoms with Gasteiger partial charge in [-0.15, -0.1) is 0 Å². The van der Waals surface area contributed by atoms with E-state index in [-0.39, 0.29) is 12.3 Å². The Balaban J connectivity index is 1.57. The first-order valence-electron chi connectivity index (χ1n) is 9.47. The molecule has 3 aromatic rings. The molecule has 154 valence electrons. The van der Waals surface area contributed by atoms with Gasteiger partial charge in [-0.1, -0.05) is 59.6 Å². The summed E-state index contributed by atoms with van der Waals surface area (Å²) in [5, 5.41) is 4.68. The average molecular weight is 423 g/mol. The van der Waals surface area contributed by atoms with E-state index in [9.17, 15) is 4.79 Å². The fourth-order valence-electron chi connectivity index (χ4n) is 2.76. The van der Waals surface area contributed by atoms with Gasteiger partial charge in [0.25, 0.3) is 0 Å². The smallest absolute Gasteiger partial charge is 0.244 e. The quantitative estimate of drug-likeness (QED) is 0.413. The second-order valence-corrected chi connectivity index (χ2v) is 7.15. The SMILES string of the molecule is COc1cc(/C=N\NC(=O)Cc2ccc(C)cc2)ccc1OCc1ccccc1Cl. The Kier molecular flexibility index (Phi) is 7.46. The van der Waals surface area contributed by atoms with Crippen LogP contribution in [0.25, 0.3) is 0 Å². The number of rotatable bonds is 8. The van der Waals surface area contributed by atoms with Gasteiger partial charge < -0.3 is 9.47 Å². The van der Waals surface area contributed by atoms with E-state index in [0.717, 1.165) is 22.3 Å². The summed E-state index contributed by atoms with van der Waals surface area (Å²) in [6.07, 6.45) is 1.84. The highest BCUT2D eigenvalue weighted by atomic mass is 35.5. The number of hydrazone groups is 1. The van der Waals surface area contributed by atoms with E-state index >= 15 is 0 Å². The van der Waals surface area contributed by atoms with Gasteiger partial charge in [0.05, 0.1) is 19.7 Å². The van der Waals surface area contributed by atoms with Crippen LogP contribution in [0.5, 0.6) is 11.5 Å². The number of ether oxygens (including phenoxy) is 2. The number of aryl methyl sites for hydroxylation is 1. The summed E-state index contributed by atoms with van der Waals surface area (Å²) in [6, 6.07) is 20.8. The lowest BCUT2D eigenvalue weighted by atomic mass is 10.1. The van der Waals surface area contributed by atoms with Gasteiger partial charge in [-0.2, -0.15) is 5.10 Å². The number of carbonyl (C=O) groups excluding carboxylic acids is 1. The minimum Gasteiger partial charge on any atom is -0.493 e. The van der Waals surface area contributed by atoms with Crippen LogP contribution in [0.4, 0.5) is 0 Å². The largest absolute Gasteiger partial charge is 0.493 e. The standard InChI is InChI=1S/C24H23ClN2O3/c1-17-7-9-18(10-8-17)14-24(28)27-26-15-19-11-12-22(23(13-19)29-2)30-16-20-5-3-4-6-21(20)25/h3-13,15H,14,16H2,1-2H3,(H,27,28)/b26-15-. The summed E-state index contributed by atoms with van der Waals surface area (Å²) in [7, 11) is 1.57. The van der Waals surface area contributed by atoms with Gasteiger partial charge in [-0.3, -0.25) is 4.79 Å². The van der Waals surface area contributed by atoms with Gasteiger partial charge in [0, 0.05) is 10.6 Å². The van der Waals surface area contributed by atoms with Crippen molar-refractivity contribution >= 4 is 23.7 Å². The predicted molar refractivity (Wildman–Crippen MR) is 119 cm³/mol. The molecule has 0 fully saturated rings. The normalized spacial score (nSPS) is 10.8. The van der Waals surface area contributed by atoms with Crippen LogP contribution in [0.2, 0.25) is 5.02 Å². The number of hydrogen-bond acceptors (Lipinski definition) is 4. The van der Waals surface area contributed by atoms with E-state index in [0.29, 0.717) is 23.1 Å². The Morgan fingerprint density at radius 1 is 1.07 bits per heavy atom. The molecule has 0 aromatic heterocycles. The highest BCUT2D eigenvalue weighted by Gasteiger charge is 2.07. The highest BCUT2D eigenvalue weighted by molar-refractivity contribution is 6.31. The van der Waals surface area contributed by atoms with Gasteiger partial charge >= 0.3 is 0 Å². The van der Waals surface area contributed by atoms with Crippen LogP contribution in [0.15, 0.2) is 71.8 Å². The molecule has 3 rings (SSSR count). The minimum atomic E-state index is -0.179. The van der Waals surface area contributed by atoms with Gasteiger partial charge in [0.2, 0.25) is 5.91 Å². The van der Waals surface area contributed by atoms with Crippen molar-refractivity contribution in [2.45, 2.75) is 20.0 Å². The molecule has 0 aliphatic heterocycles. The Morgan fingerprint density at radius 3 is 2.57 bits per heavy atom. The van der Waals surface area contributed by atoms with E-state index in [4.69, 9.17) is 21.1 Å². The Labute approximate surface area is 181 Å². The Morgan fingerprint density at radius 2 is 1.83 bits per heavy atom. The molecular weight excluding hydrogens is 400 g/mol. The highest BCUT2D eigenvalue weighted by Crippen LogP contribution is 2.29. The molecule has 0 radical (unpaired) electrons. The lowest BCUT2D eigenvalue weighted by Gasteiger charge is -2.12. The van der Waals surface area contributed by atoms with Crippen molar-refractivity contribution in [2.75, 3.05) is 7.11 Å². The van der Waals surface area contributed by atoms with Crippen molar-refractivity contribution < 1.29 is 14.3 Å². The molecule has 0 saturated heterocycles. The molecular formula is C24H23ClN2O3. The van der Waals surface area contributed by atoms with Crippen molar-refractivity contribution in [3.8, 4) is 11.5 Å². The summed E-state index contributed by atoms with van der Waals surface area (Å²) in [5.41, 5.74) is 6.30. The van der Waals surface area contributed by atoms with Crippen LogP contribution in [-0.4, -0.2) is 19.2 Å². The van der Waals surface area contributed by atoms with Gasteiger partial charge in [0.1, 0.15) is 6.61 Å². The van der Waals surface area contributed by atoms with E-state index in [1.807, 2.05) is 61.5 Å². The second kappa shape index (κ2) is 10.5. The van der Waals surface area contributed by atoms with Crippen molar-refractivity contribution in [1.82, 2.24) is 5.43 Å². The maximum Gasteiger partial charge on any atom is 0.244 e. The molecule has 30 heavy (non-hydrogen) atoms. The summed E-state index contributed by atoms with van der Waals surface area (Å²) < 4.78 is 11.3. The molecule has 5 nitrogen and oxygen atoms in total. The molecule has 0 aliphatic carbocycles. The number of amides is 1. The lowest BCUT2D eigenvalue weighted by Crippen LogP contribution is -2.19. The zero-order valence-electron chi connectivity index (χ0n) is 16.9. The molecule has 3 aromatic carbocycles. The minimum absolute atomic E-state index is 0.179. The number of halogens is 1. The summed E-state index contributed by atoms with van der Waals surface area (Å²) >= 11 is 6.17. The maximum atomic E-state index is 12.0. The summed E-state index contributed by atoms with van der Waals surface area (Å²) in [5.74, 6) is 0.983. The number of methoxy groups -OCH3 is 1. The number of nitrogens with one attached hydrogen (secondary N) is 1. The predicted octanol–water partition coefficient (Wildman–Crippen LogP) is 4.93. The first-order valence-corrected chi connectivity index (χ1v) is 9.84.